The number of carbonyl (C=O) groups excluding carboxylic acids is 1. The fraction of sp³-hybridized carbons (Fsp3) is 0.188. The summed E-state index contributed by atoms with van der Waals surface area (Å²) in [4.78, 5) is 11.5. The Labute approximate surface area is 134 Å². The van der Waals surface area contributed by atoms with Crippen LogP contribution in [0, 0.1) is 6.92 Å². The van der Waals surface area contributed by atoms with Crippen LogP contribution < -0.4 is 5.32 Å². The summed E-state index contributed by atoms with van der Waals surface area (Å²) in [7, 11) is 0. The zero-order chi connectivity index (χ0) is 14.3. The van der Waals surface area contributed by atoms with Crippen LogP contribution in [0.4, 0.5) is 5.69 Å². The smallest absolute Gasteiger partial charge is 0.228 e. The van der Waals surface area contributed by atoms with E-state index in [1.165, 1.54) is 11.1 Å². The molecule has 0 aromatic heterocycles. The highest BCUT2D eigenvalue weighted by Crippen LogP contribution is 2.38. The molecule has 1 amide bonds. The van der Waals surface area contributed by atoms with Crippen molar-refractivity contribution in [3.8, 4) is 0 Å². The lowest BCUT2D eigenvalue weighted by Crippen LogP contribution is -2.03. The van der Waals surface area contributed by atoms with E-state index >= 15 is 0 Å². The molecular weight excluding hydrogens is 382 g/mol. The molecule has 1 atom stereocenters. The molecule has 1 aliphatic heterocycles. The van der Waals surface area contributed by atoms with Crippen molar-refractivity contribution in [2.45, 2.75) is 18.2 Å². The number of nitrogens with one attached hydrogen (secondary N) is 1. The zero-order valence-electron chi connectivity index (χ0n) is 10.9. The van der Waals surface area contributed by atoms with Crippen LogP contribution in [0.25, 0.3) is 0 Å². The number of anilines is 1. The molecule has 2 aromatic rings. The second kappa shape index (κ2) is 5.34. The van der Waals surface area contributed by atoms with Gasteiger partial charge in [-0.1, -0.05) is 62.2 Å². The van der Waals surface area contributed by atoms with Gasteiger partial charge in [-0.2, -0.15) is 0 Å². The number of halogens is 2. The van der Waals surface area contributed by atoms with Gasteiger partial charge in [0.2, 0.25) is 5.91 Å². The molecule has 4 heteroatoms. The Hall–Kier alpha value is -1.13. The van der Waals surface area contributed by atoms with Crippen molar-refractivity contribution in [3.63, 3.8) is 0 Å². The van der Waals surface area contributed by atoms with Gasteiger partial charge in [-0.25, -0.2) is 0 Å². The Bertz CT molecular complexity index is 697. The number of hydrogen-bond donors (Lipinski definition) is 1. The van der Waals surface area contributed by atoms with Gasteiger partial charge in [0.15, 0.2) is 0 Å². The Morgan fingerprint density at radius 3 is 2.85 bits per heavy atom. The monoisotopic (exact) mass is 393 g/mol. The molecule has 0 bridgehead atoms. The molecule has 0 radical (unpaired) electrons. The van der Waals surface area contributed by atoms with Gasteiger partial charge in [0.05, 0.1) is 11.2 Å². The van der Waals surface area contributed by atoms with E-state index in [-0.39, 0.29) is 10.7 Å². The van der Waals surface area contributed by atoms with Crippen LogP contribution in [0.2, 0.25) is 0 Å². The van der Waals surface area contributed by atoms with Crippen LogP contribution >= 0.6 is 31.9 Å². The van der Waals surface area contributed by atoms with E-state index in [9.17, 15) is 4.79 Å². The van der Waals surface area contributed by atoms with E-state index < -0.39 is 0 Å². The van der Waals surface area contributed by atoms with Crippen LogP contribution in [-0.4, -0.2) is 5.91 Å². The molecule has 0 saturated heterocycles. The fourth-order valence-corrected chi connectivity index (χ4v) is 3.92. The van der Waals surface area contributed by atoms with Crippen molar-refractivity contribution in [3.05, 3.63) is 63.1 Å². The molecular formula is C16H13Br2NO. The molecule has 0 fully saturated rings. The number of benzene rings is 2. The van der Waals surface area contributed by atoms with Crippen LogP contribution in [0.5, 0.6) is 0 Å². The maximum Gasteiger partial charge on any atom is 0.228 e. The molecule has 1 heterocycles. The molecule has 102 valence electrons. The van der Waals surface area contributed by atoms with Gasteiger partial charge in [0.1, 0.15) is 0 Å². The van der Waals surface area contributed by atoms with E-state index in [0.29, 0.717) is 6.42 Å². The summed E-state index contributed by atoms with van der Waals surface area (Å²) in [5.41, 5.74) is 5.57. The molecule has 0 spiro atoms. The Balaban J connectivity index is 1.99. The van der Waals surface area contributed by atoms with E-state index in [2.05, 4.69) is 74.4 Å². The minimum atomic E-state index is 0.0695. The van der Waals surface area contributed by atoms with Gasteiger partial charge in [0.25, 0.3) is 0 Å². The molecule has 1 N–H and O–H groups in total. The van der Waals surface area contributed by atoms with E-state index in [0.717, 1.165) is 21.3 Å². The number of rotatable bonds is 2. The van der Waals surface area contributed by atoms with E-state index in [4.69, 9.17) is 0 Å². The third kappa shape index (κ3) is 2.42. The first kappa shape index (κ1) is 13.8. The average Bonchev–Trinajstić information content (AvgIpc) is 2.80. The van der Waals surface area contributed by atoms with Crippen molar-refractivity contribution < 1.29 is 4.79 Å². The molecule has 3 rings (SSSR count). The SMILES string of the molecule is Cc1cccc(C(Br)c2ccc3c(c2)CC(=O)N3)c1Br. The predicted octanol–water partition coefficient (Wildman–Crippen LogP) is 4.74. The van der Waals surface area contributed by atoms with Crippen LogP contribution in [0.15, 0.2) is 40.9 Å². The lowest BCUT2D eigenvalue weighted by molar-refractivity contribution is -0.115. The molecule has 1 aliphatic rings. The number of alkyl halides is 1. The van der Waals surface area contributed by atoms with Crippen molar-refractivity contribution in [1.29, 1.82) is 0 Å². The summed E-state index contributed by atoms with van der Waals surface area (Å²) in [6, 6.07) is 12.4. The maximum atomic E-state index is 11.4. The number of hydrogen-bond acceptors (Lipinski definition) is 1. The van der Waals surface area contributed by atoms with Crippen LogP contribution in [0.3, 0.4) is 0 Å². The topological polar surface area (TPSA) is 29.1 Å². The summed E-state index contributed by atoms with van der Waals surface area (Å²) in [5, 5.41) is 2.86. The van der Waals surface area contributed by atoms with Crippen molar-refractivity contribution in [2.24, 2.45) is 0 Å². The molecule has 2 nitrogen and oxygen atoms in total. The van der Waals surface area contributed by atoms with Gasteiger partial charge in [-0.15, -0.1) is 0 Å². The van der Waals surface area contributed by atoms with E-state index in [1.54, 1.807) is 0 Å². The van der Waals surface area contributed by atoms with Crippen molar-refractivity contribution >= 4 is 43.5 Å². The predicted molar refractivity (Wildman–Crippen MR) is 88.4 cm³/mol. The fourth-order valence-electron chi connectivity index (χ4n) is 2.45. The lowest BCUT2D eigenvalue weighted by atomic mass is 10.0. The number of fused-ring (bicyclic) bond motifs is 1. The molecule has 0 aliphatic carbocycles. The number of aryl methyl sites for hydroxylation is 1. The first-order chi connectivity index (χ1) is 9.56. The summed E-state index contributed by atoms with van der Waals surface area (Å²) < 4.78 is 1.12. The lowest BCUT2D eigenvalue weighted by Gasteiger charge is -2.15. The first-order valence-electron chi connectivity index (χ1n) is 6.38. The number of carbonyl (C=O) groups is 1. The highest BCUT2D eigenvalue weighted by Gasteiger charge is 2.20. The maximum absolute atomic E-state index is 11.4. The molecule has 2 aromatic carbocycles. The van der Waals surface area contributed by atoms with Gasteiger partial charge < -0.3 is 5.32 Å². The largest absolute Gasteiger partial charge is 0.326 e. The van der Waals surface area contributed by atoms with Gasteiger partial charge in [0, 0.05) is 10.2 Å². The van der Waals surface area contributed by atoms with Crippen molar-refractivity contribution in [1.82, 2.24) is 0 Å². The van der Waals surface area contributed by atoms with Gasteiger partial charge >= 0.3 is 0 Å². The second-order valence-corrected chi connectivity index (χ2v) is 6.69. The summed E-state index contributed by atoms with van der Waals surface area (Å²) in [6.07, 6.45) is 0.470. The minimum absolute atomic E-state index is 0.0695. The third-order valence-electron chi connectivity index (χ3n) is 3.54. The Morgan fingerprint density at radius 1 is 1.25 bits per heavy atom. The minimum Gasteiger partial charge on any atom is -0.326 e. The summed E-state index contributed by atoms with van der Waals surface area (Å²) >= 11 is 7.42. The van der Waals surface area contributed by atoms with Gasteiger partial charge in [-0.3, -0.25) is 4.79 Å². The van der Waals surface area contributed by atoms with Gasteiger partial charge in [-0.05, 0) is 35.2 Å². The normalized spacial score (nSPS) is 14.8. The van der Waals surface area contributed by atoms with Crippen molar-refractivity contribution in [2.75, 3.05) is 5.32 Å². The van der Waals surface area contributed by atoms with E-state index in [1.807, 2.05) is 6.07 Å². The number of amides is 1. The average molecular weight is 395 g/mol. The quantitative estimate of drug-likeness (QED) is 0.732. The summed E-state index contributed by atoms with van der Waals surface area (Å²) in [6.45, 7) is 2.08. The Kier molecular flexibility index (Phi) is 3.69. The van der Waals surface area contributed by atoms with Crippen LogP contribution in [-0.2, 0) is 11.2 Å². The standard InChI is InChI=1S/C16H13Br2NO/c1-9-3-2-4-12(15(9)17)16(18)10-5-6-13-11(7-10)8-14(20)19-13/h2-7,16H,8H2,1H3,(H,19,20). The summed E-state index contributed by atoms with van der Waals surface area (Å²) in [5.74, 6) is 0.0695. The van der Waals surface area contributed by atoms with Crippen LogP contribution in [0.1, 0.15) is 27.1 Å². The first-order valence-corrected chi connectivity index (χ1v) is 8.09. The highest BCUT2D eigenvalue weighted by atomic mass is 79.9. The molecule has 1 unspecified atom stereocenters. The third-order valence-corrected chi connectivity index (χ3v) is 5.65. The molecule has 20 heavy (non-hydrogen) atoms. The second-order valence-electron chi connectivity index (χ2n) is 4.98. The highest BCUT2D eigenvalue weighted by molar-refractivity contribution is 9.11. The zero-order valence-corrected chi connectivity index (χ0v) is 14.1. The Morgan fingerprint density at radius 2 is 2.05 bits per heavy atom. The molecule has 0 saturated carbocycles.